The van der Waals surface area contributed by atoms with Gasteiger partial charge in [-0.3, -0.25) is 9.69 Å². The molecule has 10 heteroatoms. The van der Waals surface area contributed by atoms with Crippen LogP contribution in [0.15, 0.2) is 29.1 Å². The quantitative estimate of drug-likeness (QED) is 0.645. The van der Waals surface area contributed by atoms with Gasteiger partial charge in [-0.1, -0.05) is 6.07 Å². The van der Waals surface area contributed by atoms with Crippen molar-refractivity contribution >= 4 is 22.5 Å². The van der Waals surface area contributed by atoms with E-state index in [1.807, 2.05) is 26.1 Å². The smallest absolute Gasteiger partial charge is 0.285 e. The molecule has 0 bridgehead atoms. The van der Waals surface area contributed by atoms with Crippen LogP contribution in [-0.2, 0) is 6.54 Å². The molecule has 0 unspecified atom stereocenters. The average Bonchev–Trinajstić information content (AvgIpc) is 2.76. The number of hydrogen-bond acceptors (Lipinski definition) is 6. The molecular formula is C21H23F3N6O. The van der Waals surface area contributed by atoms with E-state index >= 15 is 0 Å². The van der Waals surface area contributed by atoms with Gasteiger partial charge in [-0.05, 0) is 25.1 Å². The fraction of sp³-hybridized carbons (Fsp3) is 0.381. The Morgan fingerprint density at radius 1 is 1.13 bits per heavy atom. The molecule has 0 radical (unpaired) electrons. The van der Waals surface area contributed by atoms with Gasteiger partial charge in [0, 0.05) is 45.3 Å². The molecular weight excluding hydrogens is 409 g/mol. The summed E-state index contributed by atoms with van der Waals surface area (Å²) in [7, 11) is 1.83. The third kappa shape index (κ3) is 4.20. The zero-order valence-corrected chi connectivity index (χ0v) is 17.3. The monoisotopic (exact) mass is 432 g/mol. The Hall–Kier alpha value is -3.14. The molecule has 0 spiro atoms. The van der Waals surface area contributed by atoms with Crippen LogP contribution >= 0.6 is 0 Å². The summed E-state index contributed by atoms with van der Waals surface area (Å²) in [5.74, 6) is 0.188. The second-order valence-electron chi connectivity index (χ2n) is 7.50. The van der Waals surface area contributed by atoms with Crippen molar-refractivity contribution in [2.24, 2.45) is 0 Å². The van der Waals surface area contributed by atoms with Crippen LogP contribution in [0.3, 0.4) is 0 Å². The molecule has 3 aromatic rings. The minimum Gasteiger partial charge on any atom is -0.373 e. The lowest BCUT2D eigenvalue weighted by atomic mass is 10.1. The SMILES string of the molecule is CNc1ccc(N2CCN(Cc3ccc4nc(C(F)F)c(=O)[nH]c4c3F)CC2)c(C)n1. The molecule has 1 fully saturated rings. The van der Waals surface area contributed by atoms with Crippen LogP contribution in [0.2, 0.25) is 0 Å². The van der Waals surface area contributed by atoms with Gasteiger partial charge < -0.3 is 15.2 Å². The van der Waals surface area contributed by atoms with Crippen LogP contribution in [-0.4, -0.2) is 53.1 Å². The number of anilines is 2. The minimum atomic E-state index is -3.01. The Bertz CT molecular complexity index is 1160. The van der Waals surface area contributed by atoms with E-state index in [2.05, 4.69) is 30.1 Å². The van der Waals surface area contributed by atoms with Gasteiger partial charge in [0.05, 0.1) is 16.9 Å². The highest BCUT2D eigenvalue weighted by Crippen LogP contribution is 2.24. The maximum Gasteiger partial charge on any atom is 0.285 e. The lowest BCUT2D eigenvalue weighted by Crippen LogP contribution is -2.46. The molecule has 1 aromatic carbocycles. The van der Waals surface area contributed by atoms with E-state index in [4.69, 9.17) is 0 Å². The van der Waals surface area contributed by atoms with E-state index in [1.165, 1.54) is 12.1 Å². The Morgan fingerprint density at radius 3 is 2.52 bits per heavy atom. The summed E-state index contributed by atoms with van der Waals surface area (Å²) >= 11 is 0. The maximum atomic E-state index is 15.0. The third-order valence-corrected chi connectivity index (χ3v) is 5.54. The number of piperazine rings is 1. The number of aromatic nitrogens is 3. The van der Waals surface area contributed by atoms with Crippen LogP contribution < -0.4 is 15.8 Å². The summed E-state index contributed by atoms with van der Waals surface area (Å²) < 4.78 is 40.7. The number of nitrogens with zero attached hydrogens (tertiary/aromatic N) is 4. The topological polar surface area (TPSA) is 77.1 Å². The largest absolute Gasteiger partial charge is 0.373 e. The van der Waals surface area contributed by atoms with E-state index < -0.39 is 23.5 Å². The molecule has 164 valence electrons. The van der Waals surface area contributed by atoms with Crippen molar-refractivity contribution in [2.75, 3.05) is 43.4 Å². The predicted octanol–water partition coefficient (Wildman–Crippen LogP) is 3.07. The predicted molar refractivity (Wildman–Crippen MR) is 113 cm³/mol. The van der Waals surface area contributed by atoms with Gasteiger partial charge in [0.2, 0.25) is 0 Å². The Labute approximate surface area is 176 Å². The van der Waals surface area contributed by atoms with Gasteiger partial charge in [0.1, 0.15) is 11.3 Å². The molecule has 7 nitrogen and oxygen atoms in total. The first-order chi connectivity index (χ1) is 14.9. The molecule has 1 saturated heterocycles. The summed E-state index contributed by atoms with van der Waals surface area (Å²) in [5.41, 5.74) is 0.309. The Morgan fingerprint density at radius 2 is 1.87 bits per heavy atom. The number of pyridine rings is 1. The minimum absolute atomic E-state index is 0.00830. The summed E-state index contributed by atoms with van der Waals surface area (Å²) in [4.78, 5) is 26.5. The zero-order valence-electron chi connectivity index (χ0n) is 17.3. The zero-order chi connectivity index (χ0) is 22.1. The van der Waals surface area contributed by atoms with Crippen LogP contribution in [0.5, 0.6) is 0 Å². The number of aromatic amines is 1. The van der Waals surface area contributed by atoms with Crippen LogP contribution in [0.1, 0.15) is 23.4 Å². The van der Waals surface area contributed by atoms with Crippen molar-refractivity contribution in [1.29, 1.82) is 0 Å². The summed E-state index contributed by atoms with van der Waals surface area (Å²) in [6.45, 7) is 5.32. The number of alkyl halides is 2. The first-order valence-electron chi connectivity index (χ1n) is 9.99. The van der Waals surface area contributed by atoms with E-state index in [1.54, 1.807) is 0 Å². The van der Waals surface area contributed by atoms with Crippen molar-refractivity contribution in [1.82, 2.24) is 19.9 Å². The first kappa shape index (κ1) is 21.1. The molecule has 1 aliphatic heterocycles. The highest BCUT2D eigenvalue weighted by atomic mass is 19.3. The number of rotatable bonds is 5. The van der Waals surface area contributed by atoms with E-state index in [9.17, 15) is 18.0 Å². The Kier molecular flexibility index (Phi) is 5.81. The number of halogens is 3. The molecule has 0 aliphatic carbocycles. The van der Waals surface area contributed by atoms with Crippen LogP contribution in [0.25, 0.3) is 11.0 Å². The number of fused-ring (bicyclic) bond motifs is 1. The number of aryl methyl sites for hydroxylation is 1. The highest BCUT2D eigenvalue weighted by Gasteiger charge is 2.22. The molecule has 31 heavy (non-hydrogen) atoms. The van der Waals surface area contributed by atoms with Crippen molar-refractivity contribution in [3.05, 3.63) is 57.4 Å². The summed E-state index contributed by atoms with van der Waals surface area (Å²) in [5, 5.41) is 3.03. The number of hydrogen-bond donors (Lipinski definition) is 2. The van der Waals surface area contributed by atoms with Crippen molar-refractivity contribution in [3.63, 3.8) is 0 Å². The van der Waals surface area contributed by atoms with E-state index in [0.717, 1.165) is 43.4 Å². The average molecular weight is 432 g/mol. The van der Waals surface area contributed by atoms with Gasteiger partial charge in [0.15, 0.2) is 11.5 Å². The molecule has 2 N–H and O–H groups in total. The first-order valence-corrected chi connectivity index (χ1v) is 9.99. The Balaban J connectivity index is 1.47. The third-order valence-electron chi connectivity index (χ3n) is 5.54. The molecule has 0 saturated carbocycles. The van der Waals surface area contributed by atoms with Crippen molar-refractivity contribution in [3.8, 4) is 0 Å². The molecule has 1 aliphatic rings. The number of nitrogens with one attached hydrogen (secondary N) is 2. The highest BCUT2D eigenvalue weighted by molar-refractivity contribution is 5.75. The van der Waals surface area contributed by atoms with Crippen LogP contribution in [0, 0.1) is 12.7 Å². The second-order valence-corrected chi connectivity index (χ2v) is 7.50. The van der Waals surface area contributed by atoms with Gasteiger partial charge in [-0.15, -0.1) is 0 Å². The molecule has 4 rings (SSSR count). The number of H-pyrrole nitrogens is 1. The van der Waals surface area contributed by atoms with Gasteiger partial charge >= 0.3 is 0 Å². The second kappa shape index (κ2) is 8.54. The molecule has 3 heterocycles. The van der Waals surface area contributed by atoms with Gasteiger partial charge in [-0.2, -0.15) is 0 Å². The standard InChI is InChI=1S/C21H23F3N6O/c1-12-15(5-6-16(25-2)26-12)30-9-7-29(8-10-30)11-13-3-4-14-18(17(13)22)28-21(31)19(27-14)20(23)24/h3-6,20H,7-11H2,1-2H3,(H,25,26)(H,28,31). The molecule has 0 atom stereocenters. The van der Waals surface area contributed by atoms with Crippen molar-refractivity contribution in [2.45, 2.75) is 19.9 Å². The van der Waals surface area contributed by atoms with E-state index in [-0.39, 0.29) is 11.0 Å². The lowest BCUT2D eigenvalue weighted by Gasteiger charge is -2.36. The molecule has 0 amide bonds. The van der Waals surface area contributed by atoms with Crippen molar-refractivity contribution < 1.29 is 13.2 Å². The fourth-order valence-corrected chi connectivity index (χ4v) is 3.86. The summed E-state index contributed by atoms with van der Waals surface area (Å²) in [6.07, 6.45) is -3.01. The van der Waals surface area contributed by atoms with Gasteiger partial charge in [0.25, 0.3) is 12.0 Å². The molecule has 2 aromatic heterocycles. The normalized spacial score (nSPS) is 15.1. The fourth-order valence-electron chi connectivity index (χ4n) is 3.86. The lowest BCUT2D eigenvalue weighted by molar-refractivity contribution is 0.144. The number of benzene rings is 1. The van der Waals surface area contributed by atoms with E-state index in [0.29, 0.717) is 12.1 Å². The maximum absolute atomic E-state index is 15.0. The van der Waals surface area contributed by atoms with Crippen LogP contribution in [0.4, 0.5) is 24.7 Å². The van der Waals surface area contributed by atoms with Gasteiger partial charge in [-0.25, -0.2) is 23.1 Å². The summed E-state index contributed by atoms with van der Waals surface area (Å²) in [6, 6.07) is 6.98.